The number of benzene rings is 8. The fourth-order valence-corrected chi connectivity index (χ4v) is 7.54. The van der Waals surface area contributed by atoms with E-state index in [-0.39, 0.29) is 27.6 Å². The lowest BCUT2D eigenvalue weighted by Gasteiger charge is -2.16. The second kappa shape index (κ2) is 13.0. The Morgan fingerprint density at radius 3 is 1.66 bits per heavy atom. The number of furan rings is 1. The van der Waals surface area contributed by atoms with Crippen LogP contribution in [0.4, 0.5) is 0 Å². The second-order valence-corrected chi connectivity index (χ2v) is 13.4. The van der Waals surface area contributed by atoms with Gasteiger partial charge in [-0.2, -0.15) is 0 Å². The summed E-state index contributed by atoms with van der Waals surface area (Å²) in [5.74, 6) is 0.959. The normalized spacial score (nSPS) is 13.6. The highest BCUT2D eigenvalue weighted by atomic mass is 16.3. The molecule has 0 aliphatic heterocycles. The molecule has 0 saturated heterocycles. The van der Waals surface area contributed by atoms with Crippen molar-refractivity contribution in [3.8, 4) is 62.1 Å². The highest BCUT2D eigenvalue weighted by Gasteiger charge is 2.21. The molecule has 3 heterocycles. The molecule has 0 amide bonds. The Morgan fingerprint density at radius 2 is 0.946 bits per heavy atom. The van der Waals surface area contributed by atoms with E-state index >= 15 is 0 Å². The van der Waals surface area contributed by atoms with Crippen LogP contribution in [0, 0.1) is 0 Å². The Hall–Kier alpha value is -7.63. The van der Waals surface area contributed by atoms with Gasteiger partial charge in [0, 0.05) is 38.2 Å². The number of para-hydroxylation sites is 3. The third kappa shape index (κ3) is 5.29. The standard InChI is InChI=1S/C51H32N4O/c1-3-14-33(15-4-1)34-26-28-36(29-27-34)50-52-49(35-16-5-2-6-17-35)53-51(54-50)42-32-37(38-21-13-25-47-48(38)41-20-9-12-24-46(41)56-47)30-31-45(42)55-43-22-10-7-18-39(43)40-19-8-11-23-44(40)55/h1-32H/i7D,8D,10D,11D,18D,19D,22D,23D. The monoisotopic (exact) mass is 724 g/mol. The fourth-order valence-electron chi connectivity index (χ4n) is 7.54. The number of fused-ring (bicyclic) bond motifs is 6. The number of hydrogen-bond donors (Lipinski definition) is 0. The van der Waals surface area contributed by atoms with E-state index in [0.29, 0.717) is 34.0 Å². The van der Waals surface area contributed by atoms with Crippen LogP contribution in [0.5, 0.6) is 0 Å². The summed E-state index contributed by atoms with van der Waals surface area (Å²) in [4.78, 5) is 15.3. The molecule has 0 saturated carbocycles. The maximum atomic E-state index is 9.29. The molecule has 11 rings (SSSR count). The van der Waals surface area contributed by atoms with Gasteiger partial charge in [0.1, 0.15) is 11.2 Å². The predicted octanol–water partition coefficient (Wildman–Crippen LogP) is 13.2. The van der Waals surface area contributed by atoms with Crippen LogP contribution in [-0.4, -0.2) is 19.5 Å². The van der Waals surface area contributed by atoms with Gasteiger partial charge < -0.3 is 8.98 Å². The SMILES string of the molecule is [2H]c1c([2H])c([2H])c2c(c1[2H])c1c([2H])c([2H])c([2H])c([2H])c1n2-c1ccc(-c2cccc3oc4ccccc4c23)cc1-c1nc(-c2ccccc2)nc(-c2ccc(-c3ccccc3)cc2)n1. The molecule has 0 spiro atoms. The molecule has 0 unspecified atom stereocenters. The zero-order valence-corrected chi connectivity index (χ0v) is 29.6. The van der Waals surface area contributed by atoms with Crippen molar-refractivity contribution in [1.82, 2.24) is 19.5 Å². The maximum Gasteiger partial charge on any atom is 0.166 e. The topological polar surface area (TPSA) is 56.7 Å². The molecule has 8 aromatic carbocycles. The van der Waals surface area contributed by atoms with Crippen LogP contribution in [0.3, 0.4) is 0 Å². The summed E-state index contributed by atoms with van der Waals surface area (Å²) >= 11 is 0. The summed E-state index contributed by atoms with van der Waals surface area (Å²) in [5, 5.41) is 1.74. The van der Waals surface area contributed by atoms with E-state index in [9.17, 15) is 2.74 Å². The maximum absolute atomic E-state index is 9.29. The van der Waals surface area contributed by atoms with Crippen molar-refractivity contribution in [3.63, 3.8) is 0 Å². The average molecular weight is 725 g/mol. The Balaban J connectivity index is 1.26. The lowest BCUT2D eigenvalue weighted by Crippen LogP contribution is -2.04. The van der Waals surface area contributed by atoms with Gasteiger partial charge in [-0.25, -0.2) is 15.0 Å². The fraction of sp³-hybridized carbons (Fsp3) is 0. The first-order valence-corrected chi connectivity index (χ1v) is 18.1. The largest absolute Gasteiger partial charge is 0.456 e. The van der Waals surface area contributed by atoms with Crippen molar-refractivity contribution in [2.75, 3.05) is 0 Å². The summed E-state index contributed by atoms with van der Waals surface area (Å²) in [7, 11) is 0. The smallest absolute Gasteiger partial charge is 0.166 e. The Morgan fingerprint density at radius 1 is 0.411 bits per heavy atom. The second-order valence-electron chi connectivity index (χ2n) is 13.4. The number of hydrogen-bond acceptors (Lipinski definition) is 4. The molecular formula is C51H32N4O. The van der Waals surface area contributed by atoms with Crippen molar-refractivity contribution in [1.29, 1.82) is 0 Å². The zero-order chi connectivity index (χ0) is 44.0. The molecule has 56 heavy (non-hydrogen) atoms. The van der Waals surface area contributed by atoms with Crippen molar-refractivity contribution in [3.05, 3.63) is 194 Å². The molecule has 0 aliphatic carbocycles. The first kappa shape index (κ1) is 24.6. The summed E-state index contributed by atoms with van der Waals surface area (Å²) in [6.45, 7) is 0. The minimum Gasteiger partial charge on any atom is -0.456 e. The number of nitrogens with zero attached hydrogens (tertiary/aromatic N) is 4. The molecule has 0 atom stereocenters. The van der Waals surface area contributed by atoms with Gasteiger partial charge in [0.15, 0.2) is 17.5 Å². The quantitative estimate of drug-likeness (QED) is 0.171. The summed E-state index contributed by atoms with van der Waals surface area (Å²) < 4.78 is 79.4. The molecule has 262 valence electrons. The first-order chi connectivity index (χ1) is 31.1. The highest BCUT2D eigenvalue weighted by Crippen LogP contribution is 2.41. The van der Waals surface area contributed by atoms with E-state index in [1.165, 1.54) is 4.57 Å². The molecule has 11 aromatic rings. The van der Waals surface area contributed by atoms with Crippen LogP contribution in [-0.2, 0) is 0 Å². The van der Waals surface area contributed by atoms with Crippen LogP contribution >= 0.6 is 0 Å². The van der Waals surface area contributed by atoms with E-state index in [1.807, 2.05) is 140 Å². The summed E-state index contributed by atoms with van der Waals surface area (Å²) in [6, 6.07) is 43.0. The van der Waals surface area contributed by atoms with Crippen LogP contribution in [0.25, 0.3) is 106 Å². The van der Waals surface area contributed by atoms with Crippen molar-refractivity contribution >= 4 is 43.7 Å². The molecular weight excluding hydrogens is 685 g/mol. The molecule has 0 aliphatic rings. The van der Waals surface area contributed by atoms with E-state index < -0.39 is 48.3 Å². The highest BCUT2D eigenvalue weighted by molar-refractivity contribution is 6.13. The Labute approximate surface area is 334 Å². The van der Waals surface area contributed by atoms with Gasteiger partial charge in [-0.3, -0.25) is 0 Å². The molecule has 3 aromatic heterocycles. The first-order valence-electron chi connectivity index (χ1n) is 22.1. The minimum atomic E-state index is -0.520. The van der Waals surface area contributed by atoms with Crippen molar-refractivity contribution in [2.24, 2.45) is 0 Å². The summed E-state index contributed by atoms with van der Waals surface area (Å²) in [5.41, 5.74) is 7.20. The molecule has 0 bridgehead atoms. The predicted molar refractivity (Wildman–Crippen MR) is 229 cm³/mol. The lowest BCUT2D eigenvalue weighted by molar-refractivity contribution is 0.669. The Kier molecular flexibility index (Phi) is 5.74. The summed E-state index contributed by atoms with van der Waals surface area (Å²) in [6.07, 6.45) is 0. The van der Waals surface area contributed by atoms with Crippen LogP contribution in [0.2, 0.25) is 0 Å². The van der Waals surface area contributed by atoms with Crippen LogP contribution < -0.4 is 0 Å². The third-order valence-corrected chi connectivity index (χ3v) is 10.1. The van der Waals surface area contributed by atoms with Crippen LogP contribution in [0.15, 0.2) is 198 Å². The van der Waals surface area contributed by atoms with E-state index in [0.717, 1.165) is 44.2 Å². The Bertz CT molecular complexity index is 3630. The number of rotatable bonds is 6. The van der Waals surface area contributed by atoms with Crippen molar-refractivity contribution < 1.29 is 15.4 Å². The molecule has 5 nitrogen and oxygen atoms in total. The molecule has 0 fully saturated rings. The average Bonchev–Trinajstić information content (AvgIpc) is 3.91. The van der Waals surface area contributed by atoms with E-state index in [4.69, 9.17) is 27.6 Å². The number of aromatic nitrogens is 4. The molecule has 0 radical (unpaired) electrons. The van der Waals surface area contributed by atoms with Gasteiger partial charge in [0.25, 0.3) is 0 Å². The minimum absolute atomic E-state index is 0.0148. The van der Waals surface area contributed by atoms with Gasteiger partial charge in [0.05, 0.1) is 27.7 Å². The van der Waals surface area contributed by atoms with Gasteiger partial charge in [0.2, 0.25) is 0 Å². The third-order valence-electron chi connectivity index (χ3n) is 10.1. The van der Waals surface area contributed by atoms with Gasteiger partial charge in [-0.05, 0) is 58.6 Å². The van der Waals surface area contributed by atoms with E-state index in [2.05, 4.69) is 0 Å². The van der Waals surface area contributed by atoms with Crippen LogP contribution in [0.1, 0.15) is 11.0 Å². The van der Waals surface area contributed by atoms with E-state index in [1.54, 1.807) is 6.07 Å². The van der Waals surface area contributed by atoms with Gasteiger partial charge in [-0.15, -0.1) is 0 Å². The molecule has 0 N–H and O–H groups in total. The molecule has 5 heteroatoms. The lowest BCUT2D eigenvalue weighted by atomic mass is 9.96. The zero-order valence-electron chi connectivity index (χ0n) is 37.6. The van der Waals surface area contributed by atoms with Gasteiger partial charge >= 0.3 is 0 Å². The van der Waals surface area contributed by atoms with Gasteiger partial charge in [-0.1, -0.05) is 158 Å². The van der Waals surface area contributed by atoms with Crippen molar-refractivity contribution in [2.45, 2.75) is 0 Å².